The lowest BCUT2D eigenvalue weighted by atomic mass is 9.87. The first-order valence-corrected chi connectivity index (χ1v) is 14.4. The van der Waals surface area contributed by atoms with Crippen LogP contribution < -0.4 is 10.6 Å². The number of nitrogens with one attached hydrogen (secondary N) is 2. The van der Waals surface area contributed by atoms with Crippen molar-refractivity contribution < 1.29 is 22.4 Å². The van der Waals surface area contributed by atoms with Gasteiger partial charge in [0.25, 0.3) is 0 Å². The number of halogens is 2. The molecule has 1 saturated heterocycles. The van der Waals surface area contributed by atoms with Gasteiger partial charge in [-0.25, -0.2) is 12.8 Å². The van der Waals surface area contributed by atoms with E-state index in [4.69, 9.17) is 11.6 Å². The van der Waals surface area contributed by atoms with Gasteiger partial charge in [0.05, 0.1) is 38.0 Å². The zero-order valence-corrected chi connectivity index (χ0v) is 22.1. The van der Waals surface area contributed by atoms with Crippen molar-refractivity contribution in [3.05, 3.63) is 69.5 Å². The standard InChI is InChI=1S/C25H24ClFN4O4S2/c26-20-9-8-16(37(34,35)31-10-4-1-5-11-31)12-22(20)29-24(33)15-36-25-19(14-28)18(13-23(32)30-25)17-6-2-3-7-21(17)27/h2-3,6-9,12,18H,1,4-5,10-11,13,15H2,(H,29,33)(H,30,32). The molecule has 2 N–H and O–H groups in total. The van der Waals surface area contributed by atoms with Crippen LogP contribution in [0.25, 0.3) is 0 Å². The largest absolute Gasteiger partial charge is 0.324 e. The molecule has 4 rings (SSSR count). The number of thioether (sulfide) groups is 1. The van der Waals surface area contributed by atoms with Crippen molar-refractivity contribution in [2.45, 2.75) is 36.5 Å². The number of amides is 2. The monoisotopic (exact) mass is 562 g/mol. The molecule has 2 aromatic rings. The lowest BCUT2D eigenvalue weighted by molar-refractivity contribution is -0.121. The van der Waals surface area contributed by atoms with E-state index in [1.54, 1.807) is 6.07 Å². The summed E-state index contributed by atoms with van der Waals surface area (Å²) < 4.78 is 41.8. The zero-order chi connectivity index (χ0) is 26.6. The van der Waals surface area contributed by atoms with Gasteiger partial charge in [-0.2, -0.15) is 9.57 Å². The number of carbonyl (C=O) groups is 2. The van der Waals surface area contributed by atoms with Crippen LogP contribution in [0.15, 0.2) is 58.0 Å². The Balaban J connectivity index is 1.49. The predicted octanol–water partition coefficient (Wildman–Crippen LogP) is 4.36. The summed E-state index contributed by atoms with van der Waals surface area (Å²) in [4.78, 5) is 25.1. The number of rotatable bonds is 7. The number of nitrogens with zero attached hydrogens (tertiary/aromatic N) is 2. The Morgan fingerprint density at radius 1 is 1.22 bits per heavy atom. The maximum atomic E-state index is 14.4. The summed E-state index contributed by atoms with van der Waals surface area (Å²) in [5, 5.41) is 15.3. The number of nitriles is 1. The second-order valence-corrected chi connectivity index (χ2v) is 12.0. The molecule has 2 aliphatic heterocycles. The lowest BCUT2D eigenvalue weighted by Gasteiger charge is -2.26. The number of hydrogen-bond acceptors (Lipinski definition) is 6. The van der Waals surface area contributed by atoms with Crippen LogP contribution in [0.5, 0.6) is 0 Å². The average Bonchev–Trinajstić information content (AvgIpc) is 2.89. The molecule has 0 spiro atoms. The van der Waals surface area contributed by atoms with E-state index in [0.717, 1.165) is 31.0 Å². The number of anilines is 1. The number of hydrogen-bond donors (Lipinski definition) is 2. The Hall–Kier alpha value is -2.91. The van der Waals surface area contributed by atoms with Crippen LogP contribution in [0.4, 0.5) is 10.1 Å². The van der Waals surface area contributed by atoms with Crippen molar-refractivity contribution >= 4 is 50.9 Å². The Morgan fingerprint density at radius 2 is 1.95 bits per heavy atom. The molecule has 12 heteroatoms. The van der Waals surface area contributed by atoms with Crippen molar-refractivity contribution in [2.24, 2.45) is 0 Å². The molecule has 2 heterocycles. The van der Waals surface area contributed by atoms with E-state index < -0.39 is 33.6 Å². The van der Waals surface area contributed by atoms with E-state index in [1.165, 1.54) is 40.7 Å². The van der Waals surface area contributed by atoms with Crippen LogP contribution in [0.2, 0.25) is 5.02 Å². The van der Waals surface area contributed by atoms with Crippen molar-refractivity contribution in [1.29, 1.82) is 5.26 Å². The fourth-order valence-corrected chi connectivity index (χ4v) is 6.88. The highest BCUT2D eigenvalue weighted by molar-refractivity contribution is 8.03. The fraction of sp³-hybridized carbons (Fsp3) is 0.320. The van der Waals surface area contributed by atoms with Crippen molar-refractivity contribution in [1.82, 2.24) is 9.62 Å². The minimum atomic E-state index is -3.72. The molecule has 8 nitrogen and oxygen atoms in total. The molecule has 0 aliphatic carbocycles. The third-order valence-electron chi connectivity index (χ3n) is 6.15. The van der Waals surface area contributed by atoms with Gasteiger partial charge in [0.15, 0.2) is 0 Å². The van der Waals surface area contributed by atoms with E-state index in [9.17, 15) is 27.7 Å². The summed E-state index contributed by atoms with van der Waals surface area (Å²) in [6.07, 6.45) is 2.48. The Bertz CT molecular complexity index is 1400. The van der Waals surface area contributed by atoms with Gasteiger partial charge in [-0.15, -0.1) is 0 Å². The third kappa shape index (κ3) is 6.15. The molecular weight excluding hydrogens is 539 g/mol. The van der Waals surface area contributed by atoms with Gasteiger partial charge in [-0.3, -0.25) is 9.59 Å². The first-order valence-electron chi connectivity index (χ1n) is 11.6. The van der Waals surface area contributed by atoms with Gasteiger partial charge in [0.1, 0.15) is 5.82 Å². The summed E-state index contributed by atoms with van der Waals surface area (Å²) in [5.41, 5.74) is 0.530. The normalized spacial score (nSPS) is 18.7. The molecule has 1 fully saturated rings. The summed E-state index contributed by atoms with van der Waals surface area (Å²) in [6.45, 7) is 0.887. The predicted molar refractivity (Wildman–Crippen MR) is 140 cm³/mol. The molecule has 37 heavy (non-hydrogen) atoms. The minimum absolute atomic E-state index is 0.0310. The number of piperidine rings is 1. The molecule has 2 aromatic carbocycles. The number of benzene rings is 2. The first-order chi connectivity index (χ1) is 17.7. The van der Waals surface area contributed by atoms with Gasteiger partial charge >= 0.3 is 0 Å². The van der Waals surface area contributed by atoms with Gasteiger partial charge in [0, 0.05) is 25.4 Å². The molecule has 0 saturated carbocycles. The Labute approximate surface area is 223 Å². The quantitative estimate of drug-likeness (QED) is 0.517. The molecular formula is C25H24ClFN4O4S2. The van der Waals surface area contributed by atoms with Gasteiger partial charge < -0.3 is 10.6 Å². The van der Waals surface area contributed by atoms with E-state index >= 15 is 0 Å². The molecule has 1 unspecified atom stereocenters. The number of sulfonamides is 1. The van der Waals surface area contributed by atoms with Crippen LogP contribution in [-0.4, -0.2) is 43.4 Å². The van der Waals surface area contributed by atoms with Crippen molar-refractivity contribution in [3.63, 3.8) is 0 Å². The smallest absolute Gasteiger partial charge is 0.243 e. The summed E-state index contributed by atoms with van der Waals surface area (Å²) >= 11 is 7.14. The van der Waals surface area contributed by atoms with Crippen LogP contribution in [0, 0.1) is 17.1 Å². The second kappa shape index (κ2) is 11.6. The molecule has 0 radical (unpaired) electrons. The number of carbonyl (C=O) groups excluding carboxylic acids is 2. The molecule has 1 atom stereocenters. The van der Waals surface area contributed by atoms with Crippen molar-refractivity contribution in [2.75, 3.05) is 24.2 Å². The maximum Gasteiger partial charge on any atom is 0.243 e. The van der Waals surface area contributed by atoms with Crippen LogP contribution >= 0.6 is 23.4 Å². The minimum Gasteiger partial charge on any atom is -0.324 e. The summed E-state index contributed by atoms with van der Waals surface area (Å²) in [7, 11) is -3.72. The average molecular weight is 563 g/mol. The lowest BCUT2D eigenvalue weighted by Crippen LogP contribution is -2.35. The number of allylic oxidation sites excluding steroid dienone is 1. The van der Waals surface area contributed by atoms with E-state index in [1.807, 2.05) is 6.07 Å². The van der Waals surface area contributed by atoms with E-state index in [0.29, 0.717) is 13.1 Å². The van der Waals surface area contributed by atoms with E-state index in [2.05, 4.69) is 10.6 Å². The third-order valence-corrected chi connectivity index (χ3v) is 9.39. The zero-order valence-electron chi connectivity index (χ0n) is 19.7. The van der Waals surface area contributed by atoms with Gasteiger partial charge in [0.2, 0.25) is 21.8 Å². The Morgan fingerprint density at radius 3 is 2.65 bits per heavy atom. The maximum absolute atomic E-state index is 14.4. The van der Waals surface area contributed by atoms with Crippen LogP contribution in [-0.2, 0) is 19.6 Å². The summed E-state index contributed by atoms with van der Waals surface area (Å²) in [6, 6.07) is 12.1. The van der Waals surface area contributed by atoms with E-state index in [-0.39, 0.29) is 43.9 Å². The molecule has 2 amide bonds. The van der Waals surface area contributed by atoms with Crippen LogP contribution in [0.1, 0.15) is 37.2 Å². The summed E-state index contributed by atoms with van der Waals surface area (Å²) in [5.74, 6) is -2.41. The Kier molecular flexibility index (Phi) is 8.54. The topological polar surface area (TPSA) is 119 Å². The van der Waals surface area contributed by atoms with Gasteiger partial charge in [-0.1, -0.05) is 48.0 Å². The first kappa shape index (κ1) is 27.1. The van der Waals surface area contributed by atoms with Gasteiger partial charge in [-0.05, 0) is 42.7 Å². The fourth-order valence-electron chi connectivity index (χ4n) is 4.30. The highest BCUT2D eigenvalue weighted by atomic mass is 35.5. The highest BCUT2D eigenvalue weighted by Crippen LogP contribution is 2.37. The molecule has 0 aromatic heterocycles. The highest BCUT2D eigenvalue weighted by Gasteiger charge is 2.31. The SMILES string of the molecule is N#CC1=C(SCC(=O)Nc2cc(S(=O)(=O)N3CCCCC3)ccc2Cl)NC(=O)CC1c1ccccc1F. The molecule has 0 bridgehead atoms. The molecule has 2 aliphatic rings. The second-order valence-electron chi connectivity index (χ2n) is 8.62. The van der Waals surface area contributed by atoms with Crippen LogP contribution in [0.3, 0.4) is 0 Å². The molecule has 194 valence electrons. The van der Waals surface area contributed by atoms with Crippen molar-refractivity contribution in [3.8, 4) is 6.07 Å².